The molecule has 1 aromatic carbocycles. The molecule has 120 valence electrons. The van der Waals surface area contributed by atoms with Crippen LogP contribution in [0.3, 0.4) is 0 Å². The molecule has 1 amide bonds. The van der Waals surface area contributed by atoms with Crippen LogP contribution in [0.5, 0.6) is 0 Å². The monoisotopic (exact) mass is 303 g/mol. The predicted octanol–water partition coefficient (Wildman–Crippen LogP) is 1.19. The van der Waals surface area contributed by atoms with Gasteiger partial charge in [0.1, 0.15) is 0 Å². The Balaban J connectivity index is 1.54. The summed E-state index contributed by atoms with van der Waals surface area (Å²) >= 11 is 0. The number of carbonyl (C=O) groups is 1. The molecule has 5 nitrogen and oxygen atoms in total. The zero-order valence-corrected chi connectivity index (χ0v) is 13.3. The fraction of sp³-hybridized carbons (Fsp3) is 0.588. The first kappa shape index (κ1) is 15.3. The molecule has 0 aliphatic carbocycles. The van der Waals surface area contributed by atoms with Crippen molar-refractivity contribution in [3.63, 3.8) is 0 Å². The Morgan fingerprint density at radius 3 is 2.23 bits per heavy atom. The van der Waals surface area contributed by atoms with Gasteiger partial charge in [0.15, 0.2) is 0 Å². The van der Waals surface area contributed by atoms with E-state index in [1.165, 1.54) is 11.3 Å². The van der Waals surface area contributed by atoms with Crippen molar-refractivity contribution in [2.45, 2.75) is 13.5 Å². The highest BCUT2D eigenvalue weighted by Crippen LogP contribution is 2.18. The summed E-state index contributed by atoms with van der Waals surface area (Å²) in [6, 6.07) is 8.86. The van der Waals surface area contributed by atoms with Gasteiger partial charge in [-0.2, -0.15) is 0 Å². The fourth-order valence-electron chi connectivity index (χ4n) is 3.11. The Morgan fingerprint density at radius 2 is 1.64 bits per heavy atom. The molecule has 2 aliphatic heterocycles. The van der Waals surface area contributed by atoms with Gasteiger partial charge in [0.05, 0.1) is 13.2 Å². The van der Waals surface area contributed by atoms with Crippen LogP contribution in [-0.2, 0) is 16.1 Å². The third-order valence-corrected chi connectivity index (χ3v) is 4.54. The van der Waals surface area contributed by atoms with Crippen LogP contribution in [0.2, 0.25) is 0 Å². The number of rotatable bonds is 3. The van der Waals surface area contributed by atoms with Crippen molar-refractivity contribution in [2.75, 3.05) is 57.4 Å². The predicted molar refractivity (Wildman–Crippen MR) is 87.0 cm³/mol. The zero-order valence-electron chi connectivity index (χ0n) is 13.3. The van der Waals surface area contributed by atoms with Gasteiger partial charge in [0, 0.05) is 58.4 Å². The molecule has 0 atom stereocenters. The number of anilines is 1. The Hall–Kier alpha value is -1.59. The molecule has 2 fully saturated rings. The van der Waals surface area contributed by atoms with Crippen LogP contribution < -0.4 is 4.90 Å². The number of ether oxygens (including phenoxy) is 1. The fourth-order valence-corrected chi connectivity index (χ4v) is 3.11. The van der Waals surface area contributed by atoms with E-state index in [1.54, 1.807) is 6.92 Å². The molecule has 0 aromatic heterocycles. The molecule has 2 heterocycles. The van der Waals surface area contributed by atoms with Crippen molar-refractivity contribution in [1.29, 1.82) is 0 Å². The summed E-state index contributed by atoms with van der Waals surface area (Å²) < 4.78 is 5.39. The molecule has 1 aromatic rings. The van der Waals surface area contributed by atoms with Gasteiger partial charge in [-0.15, -0.1) is 0 Å². The van der Waals surface area contributed by atoms with Gasteiger partial charge in [0.2, 0.25) is 5.91 Å². The number of nitrogens with zero attached hydrogens (tertiary/aromatic N) is 3. The first-order valence-corrected chi connectivity index (χ1v) is 8.12. The Labute approximate surface area is 132 Å². The molecule has 0 bridgehead atoms. The highest BCUT2D eigenvalue weighted by molar-refractivity contribution is 5.73. The minimum absolute atomic E-state index is 0.181. The van der Waals surface area contributed by atoms with Crippen molar-refractivity contribution >= 4 is 11.6 Å². The van der Waals surface area contributed by atoms with E-state index in [2.05, 4.69) is 34.1 Å². The number of piperazine rings is 1. The lowest BCUT2D eigenvalue weighted by Gasteiger charge is -2.35. The van der Waals surface area contributed by atoms with Crippen LogP contribution in [0.1, 0.15) is 12.5 Å². The van der Waals surface area contributed by atoms with Crippen molar-refractivity contribution in [2.24, 2.45) is 0 Å². The van der Waals surface area contributed by atoms with Crippen LogP contribution >= 0.6 is 0 Å². The van der Waals surface area contributed by atoms with Crippen molar-refractivity contribution in [3.8, 4) is 0 Å². The van der Waals surface area contributed by atoms with Crippen LogP contribution in [0.15, 0.2) is 24.3 Å². The second kappa shape index (κ2) is 7.11. The first-order chi connectivity index (χ1) is 10.7. The van der Waals surface area contributed by atoms with Crippen molar-refractivity contribution < 1.29 is 9.53 Å². The number of carbonyl (C=O) groups excluding carboxylic acids is 1. The first-order valence-electron chi connectivity index (χ1n) is 8.12. The summed E-state index contributed by atoms with van der Waals surface area (Å²) in [7, 11) is 0. The molecule has 3 rings (SSSR count). The number of amides is 1. The molecule has 0 radical (unpaired) electrons. The Kier molecular flexibility index (Phi) is 4.95. The summed E-state index contributed by atoms with van der Waals surface area (Å²) in [6.45, 7) is 9.87. The minimum atomic E-state index is 0.181. The van der Waals surface area contributed by atoms with E-state index in [0.717, 1.165) is 59.0 Å². The van der Waals surface area contributed by atoms with Gasteiger partial charge in [0.25, 0.3) is 0 Å². The maximum absolute atomic E-state index is 11.4. The molecule has 0 unspecified atom stereocenters. The second-order valence-corrected chi connectivity index (χ2v) is 6.05. The van der Waals surface area contributed by atoms with Crippen molar-refractivity contribution in [3.05, 3.63) is 29.8 Å². The van der Waals surface area contributed by atoms with Gasteiger partial charge < -0.3 is 14.5 Å². The SMILES string of the molecule is CC(=O)N1CCN(c2ccc(CN3CCOCC3)cc2)CC1. The Bertz CT molecular complexity index is 489. The highest BCUT2D eigenvalue weighted by atomic mass is 16.5. The van der Waals surface area contributed by atoms with Gasteiger partial charge in [-0.3, -0.25) is 9.69 Å². The largest absolute Gasteiger partial charge is 0.379 e. The molecule has 0 saturated carbocycles. The molecule has 2 saturated heterocycles. The van der Waals surface area contributed by atoms with Gasteiger partial charge in [-0.05, 0) is 17.7 Å². The second-order valence-electron chi connectivity index (χ2n) is 6.05. The molecule has 0 spiro atoms. The lowest BCUT2D eigenvalue weighted by Crippen LogP contribution is -2.48. The quantitative estimate of drug-likeness (QED) is 0.840. The molecule has 0 N–H and O–H groups in total. The number of benzene rings is 1. The lowest BCUT2D eigenvalue weighted by atomic mass is 10.1. The summed E-state index contributed by atoms with van der Waals surface area (Å²) in [4.78, 5) is 18.1. The summed E-state index contributed by atoms with van der Waals surface area (Å²) in [5.74, 6) is 0.181. The Morgan fingerprint density at radius 1 is 1.00 bits per heavy atom. The van der Waals surface area contributed by atoms with Crippen molar-refractivity contribution in [1.82, 2.24) is 9.80 Å². The van der Waals surface area contributed by atoms with Gasteiger partial charge in [-0.25, -0.2) is 0 Å². The smallest absolute Gasteiger partial charge is 0.219 e. The maximum Gasteiger partial charge on any atom is 0.219 e. The summed E-state index contributed by atoms with van der Waals surface area (Å²) in [5.41, 5.74) is 2.61. The van der Waals surface area contributed by atoms with E-state index in [4.69, 9.17) is 4.74 Å². The van der Waals surface area contributed by atoms with Crippen LogP contribution in [0, 0.1) is 0 Å². The molecular weight excluding hydrogens is 278 g/mol. The van der Waals surface area contributed by atoms with Crippen LogP contribution in [0.25, 0.3) is 0 Å². The van der Waals surface area contributed by atoms with Crippen LogP contribution in [-0.4, -0.2) is 68.2 Å². The molecule has 2 aliphatic rings. The standard InChI is InChI=1S/C17H25N3O2/c1-15(21)19-6-8-20(9-7-19)17-4-2-16(3-5-17)14-18-10-12-22-13-11-18/h2-5H,6-14H2,1H3. The highest BCUT2D eigenvalue weighted by Gasteiger charge is 2.18. The summed E-state index contributed by atoms with van der Waals surface area (Å²) in [5, 5.41) is 0. The molecular formula is C17H25N3O2. The zero-order chi connectivity index (χ0) is 15.4. The average molecular weight is 303 g/mol. The van der Waals surface area contributed by atoms with Gasteiger partial charge in [-0.1, -0.05) is 12.1 Å². The molecule has 22 heavy (non-hydrogen) atoms. The van der Waals surface area contributed by atoms with Gasteiger partial charge >= 0.3 is 0 Å². The van der Waals surface area contributed by atoms with Crippen LogP contribution in [0.4, 0.5) is 5.69 Å². The minimum Gasteiger partial charge on any atom is -0.379 e. The van der Waals surface area contributed by atoms with E-state index in [-0.39, 0.29) is 5.91 Å². The normalized spacial score (nSPS) is 20.2. The lowest BCUT2D eigenvalue weighted by molar-refractivity contribution is -0.129. The number of morpholine rings is 1. The third-order valence-electron chi connectivity index (χ3n) is 4.54. The topological polar surface area (TPSA) is 36.0 Å². The van der Waals surface area contributed by atoms with E-state index in [1.807, 2.05) is 4.90 Å². The van der Waals surface area contributed by atoms with E-state index < -0.39 is 0 Å². The van der Waals surface area contributed by atoms with E-state index >= 15 is 0 Å². The number of hydrogen-bond acceptors (Lipinski definition) is 4. The third kappa shape index (κ3) is 3.78. The van der Waals surface area contributed by atoms with E-state index in [9.17, 15) is 4.79 Å². The number of hydrogen-bond donors (Lipinski definition) is 0. The van der Waals surface area contributed by atoms with E-state index in [0.29, 0.717) is 0 Å². The molecule has 5 heteroatoms. The maximum atomic E-state index is 11.4. The average Bonchev–Trinajstić information content (AvgIpc) is 2.57. The summed E-state index contributed by atoms with van der Waals surface area (Å²) in [6.07, 6.45) is 0.